The van der Waals surface area contributed by atoms with Crippen molar-refractivity contribution in [2.75, 3.05) is 13.1 Å². The van der Waals surface area contributed by atoms with E-state index in [2.05, 4.69) is 29.2 Å². The second-order valence-electron chi connectivity index (χ2n) is 5.10. The van der Waals surface area contributed by atoms with Crippen molar-refractivity contribution in [1.29, 1.82) is 0 Å². The van der Waals surface area contributed by atoms with E-state index in [1.807, 2.05) is 13.8 Å². The van der Waals surface area contributed by atoms with Crippen LogP contribution in [-0.4, -0.2) is 35.2 Å². The average molecular weight is 237 g/mol. The molecule has 0 radical (unpaired) electrons. The molecule has 4 nitrogen and oxygen atoms in total. The van der Waals surface area contributed by atoms with Gasteiger partial charge in [0.2, 0.25) is 0 Å². The Morgan fingerprint density at radius 2 is 2.24 bits per heavy atom. The van der Waals surface area contributed by atoms with Gasteiger partial charge in [-0.1, -0.05) is 12.1 Å². The van der Waals surface area contributed by atoms with Crippen molar-refractivity contribution in [3.05, 3.63) is 17.0 Å². The normalized spacial score (nSPS) is 26.4. The molecule has 4 heteroatoms. The SMILES string of the molecule is CCC1CNC(C)CN1Cc1c(C)noc1C. The molecule has 2 unspecified atom stereocenters. The Hall–Kier alpha value is -0.870. The summed E-state index contributed by atoms with van der Waals surface area (Å²) in [5.74, 6) is 0.962. The molecule has 96 valence electrons. The third-order valence-corrected chi connectivity index (χ3v) is 3.74. The summed E-state index contributed by atoms with van der Waals surface area (Å²) < 4.78 is 5.24. The number of nitrogens with zero attached hydrogens (tertiary/aromatic N) is 2. The van der Waals surface area contributed by atoms with Gasteiger partial charge in [-0.05, 0) is 27.2 Å². The highest BCUT2D eigenvalue weighted by atomic mass is 16.5. The molecule has 0 spiro atoms. The first-order chi connectivity index (χ1) is 8.11. The molecule has 0 saturated carbocycles. The summed E-state index contributed by atoms with van der Waals surface area (Å²) in [7, 11) is 0. The molecule has 1 aliphatic rings. The van der Waals surface area contributed by atoms with Crippen LogP contribution < -0.4 is 5.32 Å². The van der Waals surface area contributed by atoms with Gasteiger partial charge in [0, 0.05) is 37.3 Å². The molecule has 1 aliphatic heterocycles. The fraction of sp³-hybridized carbons (Fsp3) is 0.769. The van der Waals surface area contributed by atoms with Gasteiger partial charge in [0.1, 0.15) is 5.76 Å². The highest BCUT2D eigenvalue weighted by molar-refractivity contribution is 5.20. The summed E-state index contributed by atoms with van der Waals surface area (Å²) in [5.41, 5.74) is 2.29. The number of nitrogens with one attached hydrogen (secondary N) is 1. The number of aromatic nitrogens is 1. The van der Waals surface area contributed by atoms with Gasteiger partial charge < -0.3 is 9.84 Å². The maximum atomic E-state index is 5.24. The van der Waals surface area contributed by atoms with E-state index in [1.165, 1.54) is 12.0 Å². The topological polar surface area (TPSA) is 41.3 Å². The Kier molecular flexibility index (Phi) is 3.84. The van der Waals surface area contributed by atoms with Gasteiger partial charge in [0.15, 0.2) is 0 Å². The molecule has 2 rings (SSSR count). The van der Waals surface area contributed by atoms with Gasteiger partial charge in [-0.3, -0.25) is 4.90 Å². The molecule has 2 atom stereocenters. The molecule has 1 aromatic rings. The molecule has 0 bridgehead atoms. The Morgan fingerprint density at radius 1 is 1.47 bits per heavy atom. The maximum absolute atomic E-state index is 5.24. The fourth-order valence-electron chi connectivity index (χ4n) is 2.56. The van der Waals surface area contributed by atoms with E-state index in [0.29, 0.717) is 12.1 Å². The van der Waals surface area contributed by atoms with E-state index >= 15 is 0 Å². The van der Waals surface area contributed by atoms with Crippen LogP contribution in [0.5, 0.6) is 0 Å². The first-order valence-electron chi connectivity index (χ1n) is 6.51. The molecule has 0 aromatic carbocycles. The standard InChI is InChI=1S/C13H23N3O/c1-5-12-6-14-9(2)7-16(12)8-13-10(3)15-17-11(13)4/h9,12,14H,5-8H2,1-4H3. The van der Waals surface area contributed by atoms with Crippen LogP contribution in [0.25, 0.3) is 0 Å². The molecular formula is C13H23N3O. The first kappa shape index (κ1) is 12.6. The third-order valence-electron chi connectivity index (χ3n) is 3.74. The predicted molar refractivity (Wildman–Crippen MR) is 67.9 cm³/mol. The molecule has 17 heavy (non-hydrogen) atoms. The number of hydrogen-bond acceptors (Lipinski definition) is 4. The largest absolute Gasteiger partial charge is 0.361 e. The summed E-state index contributed by atoms with van der Waals surface area (Å²) in [6.07, 6.45) is 1.18. The molecule has 2 heterocycles. The lowest BCUT2D eigenvalue weighted by Gasteiger charge is -2.39. The van der Waals surface area contributed by atoms with Crippen molar-refractivity contribution in [2.24, 2.45) is 0 Å². The second-order valence-corrected chi connectivity index (χ2v) is 5.10. The van der Waals surface area contributed by atoms with Gasteiger partial charge in [-0.2, -0.15) is 0 Å². The van der Waals surface area contributed by atoms with Crippen molar-refractivity contribution in [1.82, 2.24) is 15.4 Å². The summed E-state index contributed by atoms with van der Waals surface area (Å²) in [6.45, 7) is 11.7. The van der Waals surface area contributed by atoms with E-state index in [1.54, 1.807) is 0 Å². The zero-order chi connectivity index (χ0) is 12.4. The summed E-state index contributed by atoms with van der Waals surface area (Å²) >= 11 is 0. The van der Waals surface area contributed by atoms with E-state index < -0.39 is 0 Å². The van der Waals surface area contributed by atoms with Crippen LogP contribution in [0.4, 0.5) is 0 Å². The first-order valence-corrected chi connectivity index (χ1v) is 6.51. The number of aryl methyl sites for hydroxylation is 2. The van der Waals surface area contributed by atoms with Crippen LogP contribution in [0, 0.1) is 13.8 Å². The minimum atomic E-state index is 0.568. The van der Waals surface area contributed by atoms with Crippen molar-refractivity contribution in [3.63, 3.8) is 0 Å². The molecule has 1 N–H and O–H groups in total. The smallest absolute Gasteiger partial charge is 0.138 e. The van der Waals surface area contributed by atoms with E-state index in [4.69, 9.17) is 4.52 Å². The monoisotopic (exact) mass is 237 g/mol. The zero-order valence-electron chi connectivity index (χ0n) is 11.3. The lowest BCUT2D eigenvalue weighted by atomic mass is 10.1. The summed E-state index contributed by atoms with van der Waals surface area (Å²) in [5, 5.41) is 7.58. The van der Waals surface area contributed by atoms with Gasteiger partial charge in [0.05, 0.1) is 5.69 Å². The molecule has 1 aromatic heterocycles. The Bertz CT molecular complexity index is 355. The lowest BCUT2D eigenvalue weighted by molar-refractivity contribution is 0.123. The minimum Gasteiger partial charge on any atom is -0.361 e. The van der Waals surface area contributed by atoms with Crippen LogP contribution in [0.2, 0.25) is 0 Å². The second kappa shape index (κ2) is 5.19. The van der Waals surface area contributed by atoms with Crippen molar-refractivity contribution >= 4 is 0 Å². The fourth-order valence-corrected chi connectivity index (χ4v) is 2.56. The number of hydrogen-bond donors (Lipinski definition) is 1. The van der Waals surface area contributed by atoms with Crippen molar-refractivity contribution in [2.45, 2.75) is 52.7 Å². The van der Waals surface area contributed by atoms with Gasteiger partial charge in [-0.15, -0.1) is 0 Å². The summed E-state index contributed by atoms with van der Waals surface area (Å²) in [4.78, 5) is 2.55. The Labute approximate surface area is 103 Å². The van der Waals surface area contributed by atoms with Gasteiger partial charge in [0.25, 0.3) is 0 Å². The highest BCUT2D eigenvalue weighted by Gasteiger charge is 2.26. The van der Waals surface area contributed by atoms with Crippen LogP contribution in [0.15, 0.2) is 4.52 Å². The molecule has 1 saturated heterocycles. The molecule has 1 fully saturated rings. The number of piperazine rings is 1. The predicted octanol–water partition coefficient (Wildman–Crippen LogP) is 1.86. The van der Waals surface area contributed by atoms with Gasteiger partial charge in [-0.25, -0.2) is 0 Å². The van der Waals surface area contributed by atoms with E-state index in [-0.39, 0.29) is 0 Å². The van der Waals surface area contributed by atoms with Crippen molar-refractivity contribution in [3.8, 4) is 0 Å². The highest BCUT2D eigenvalue weighted by Crippen LogP contribution is 2.19. The minimum absolute atomic E-state index is 0.568. The van der Waals surface area contributed by atoms with Crippen LogP contribution >= 0.6 is 0 Å². The van der Waals surface area contributed by atoms with Gasteiger partial charge >= 0.3 is 0 Å². The van der Waals surface area contributed by atoms with Crippen LogP contribution in [0.1, 0.15) is 37.3 Å². The zero-order valence-corrected chi connectivity index (χ0v) is 11.3. The van der Waals surface area contributed by atoms with E-state index in [0.717, 1.165) is 31.1 Å². The summed E-state index contributed by atoms with van der Waals surface area (Å²) in [6, 6.07) is 1.19. The molecular weight excluding hydrogens is 214 g/mol. The molecule has 0 aliphatic carbocycles. The van der Waals surface area contributed by atoms with E-state index in [9.17, 15) is 0 Å². The Balaban J connectivity index is 2.10. The van der Waals surface area contributed by atoms with Crippen LogP contribution in [0.3, 0.4) is 0 Å². The Morgan fingerprint density at radius 3 is 2.82 bits per heavy atom. The van der Waals surface area contributed by atoms with Crippen LogP contribution in [-0.2, 0) is 6.54 Å². The lowest BCUT2D eigenvalue weighted by Crippen LogP contribution is -2.54. The number of rotatable bonds is 3. The third kappa shape index (κ3) is 2.69. The average Bonchev–Trinajstić information content (AvgIpc) is 2.61. The molecule has 0 amide bonds. The quantitative estimate of drug-likeness (QED) is 0.871. The maximum Gasteiger partial charge on any atom is 0.138 e. The van der Waals surface area contributed by atoms with Crippen molar-refractivity contribution < 1.29 is 4.52 Å².